The first-order valence-corrected chi connectivity index (χ1v) is 13.0. The second-order valence-corrected chi connectivity index (χ2v) is 9.96. The summed E-state index contributed by atoms with van der Waals surface area (Å²) in [5.74, 6) is 0.620. The van der Waals surface area contributed by atoms with Crippen LogP contribution in [-0.4, -0.2) is 37.2 Å². The molecule has 4 rings (SSSR count). The zero-order chi connectivity index (χ0) is 25.5. The van der Waals surface area contributed by atoms with Gasteiger partial charge in [0.15, 0.2) is 0 Å². The number of methoxy groups -OCH3 is 2. The second kappa shape index (κ2) is 11.9. The van der Waals surface area contributed by atoms with Crippen LogP contribution in [0.2, 0.25) is 0 Å². The minimum Gasteiger partial charge on any atom is -0.508 e. The molecule has 0 bridgehead atoms. The molecule has 0 spiro atoms. The lowest BCUT2D eigenvalue weighted by Crippen LogP contribution is -2.47. The summed E-state index contributed by atoms with van der Waals surface area (Å²) in [4.78, 5) is 30.2. The van der Waals surface area contributed by atoms with Gasteiger partial charge in [0.25, 0.3) is 0 Å². The normalized spacial score (nSPS) is 14.6. The van der Waals surface area contributed by atoms with Crippen LogP contribution in [0.5, 0.6) is 17.2 Å². The van der Waals surface area contributed by atoms with E-state index >= 15 is 0 Å². The number of anilines is 1. The third-order valence-corrected chi connectivity index (χ3v) is 7.33. The number of amides is 2. The highest BCUT2D eigenvalue weighted by Gasteiger charge is 2.34. The second-order valence-electron chi connectivity index (χ2n) is 8.93. The number of phenolic OH excluding ortho intramolecular Hbond substituents is 1. The molecule has 3 aromatic rings. The van der Waals surface area contributed by atoms with E-state index < -0.39 is 6.04 Å². The number of benzene rings is 2. The maximum atomic E-state index is 13.9. The van der Waals surface area contributed by atoms with Crippen LogP contribution < -0.4 is 19.7 Å². The number of phenols is 1. The molecular weight excluding hydrogens is 476 g/mol. The number of ether oxygens (including phenoxy) is 2. The average molecular weight is 509 g/mol. The Morgan fingerprint density at radius 3 is 2.28 bits per heavy atom. The quantitative estimate of drug-likeness (QED) is 0.413. The van der Waals surface area contributed by atoms with Crippen molar-refractivity contribution in [3.63, 3.8) is 0 Å². The summed E-state index contributed by atoms with van der Waals surface area (Å²) in [5.41, 5.74) is 1.09. The molecule has 1 aliphatic carbocycles. The fourth-order valence-corrected chi connectivity index (χ4v) is 5.31. The molecule has 36 heavy (non-hydrogen) atoms. The van der Waals surface area contributed by atoms with Crippen molar-refractivity contribution in [1.29, 1.82) is 0 Å². The molecule has 190 valence electrons. The van der Waals surface area contributed by atoms with Gasteiger partial charge in [0.05, 0.1) is 26.3 Å². The zero-order valence-electron chi connectivity index (χ0n) is 20.6. The van der Waals surface area contributed by atoms with E-state index in [2.05, 4.69) is 5.32 Å². The van der Waals surface area contributed by atoms with Gasteiger partial charge >= 0.3 is 0 Å². The number of rotatable bonds is 9. The molecule has 0 saturated heterocycles. The van der Waals surface area contributed by atoms with Crippen molar-refractivity contribution in [3.05, 3.63) is 70.4 Å². The Kier molecular flexibility index (Phi) is 8.48. The summed E-state index contributed by atoms with van der Waals surface area (Å²) in [7, 11) is 3.09. The minimum absolute atomic E-state index is 0.0694. The highest BCUT2D eigenvalue weighted by atomic mass is 32.1. The zero-order valence-corrected chi connectivity index (χ0v) is 21.4. The number of nitrogens with zero attached hydrogens (tertiary/aromatic N) is 1. The van der Waals surface area contributed by atoms with Crippen LogP contribution in [0.3, 0.4) is 0 Å². The van der Waals surface area contributed by atoms with Crippen molar-refractivity contribution in [1.82, 2.24) is 5.32 Å². The predicted molar refractivity (Wildman–Crippen MR) is 141 cm³/mol. The molecule has 1 saturated carbocycles. The lowest BCUT2D eigenvalue weighted by molar-refractivity contribution is -0.127. The first-order valence-electron chi connectivity index (χ1n) is 12.2. The van der Waals surface area contributed by atoms with Crippen LogP contribution in [-0.2, 0) is 16.0 Å². The van der Waals surface area contributed by atoms with Gasteiger partial charge in [-0.3, -0.25) is 14.5 Å². The van der Waals surface area contributed by atoms with Crippen LogP contribution in [0.15, 0.2) is 60.0 Å². The summed E-state index contributed by atoms with van der Waals surface area (Å²) >= 11 is 1.50. The minimum atomic E-state index is -0.947. The van der Waals surface area contributed by atoms with Crippen molar-refractivity contribution in [2.24, 2.45) is 0 Å². The molecule has 7 nitrogen and oxygen atoms in total. The van der Waals surface area contributed by atoms with E-state index in [-0.39, 0.29) is 30.0 Å². The Hall–Kier alpha value is -3.52. The monoisotopic (exact) mass is 508 g/mol. The molecular formula is C28H32N2O5S. The van der Waals surface area contributed by atoms with E-state index in [1.165, 1.54) is 34.8 Å². The van der Waals surface area contributed by atoms with Gasteiger partial charge in [-0.2, -0.15) is 0 Å². The topological polar surface area (TPSA) is 88.1 Å². The van der Waals surface area contributed by atoms with E-state index in [9.17, 15) is 14.7 Å². The van der Waals surface area contributed by atoms with Crippen molar-refractivity contribution in [2.75, 3.05) is 19.1 Å². The number of carbonyl (C=O) groups excluding carboxylic acids is 2. The van der Waals surface area contributed by atoms with Crippen LogP contribution in [0.25, 0.3) is 0 Å². The first kappa shape index (κ1) is 25.6. The number of nitrogens with one attached hydrogen (secondary N) is 1. The third-order valence-electron chi connectivity index (χ3n) is 6.46. The molecule has 2 amide bonds. The molecule has 0 radical (unpaired) electrons. The SMILES string of the molecule is COc1cc(OC)cc(N(C(=O)Cc2cccs2)C(C(=O)NC2CCCCC2)c2ccc(O)cc2)c1. The molecule has 2 N–H and O–H groups in total. The maximum absolute atomic E-state index is 13.9. The molecule has 1 aromatic heterocycles. The Morgan fingerprint density at radius 1 is 1.03 bits per heavy atom. The van der Waals surface area contributed by atoms with Gasteiger partial charge in [0.1, 0.15) is 23.3 Å². The highest BCUT2D eigenvalue weighted by Crippen LogP contribution is 2.35. The van der Waals surface area contributed by atoms with E-state index in [0.29, 0.717) is 22.7 Å². The highest BCUT2D eigenvalue weighted by molar-refractivity contribution is 7.10. The number of carbonyl (C=O) groups is 2. The molecule has 1 unspecified atom stereocenters. The van der Waals surface area contributed by atoms with E-state index in [4.69, 9.17) is 9.47 Å². The van der Waals surface area contributed by atoms with E-state index in [1.54, 1.807) is 44.6 Å². The Balaban J connectivity index is 1.80. The summed E-state index contributed by atoms with van der Waals surface area (Å²) < 4.78 is 10.9. The molecule has 1 aliphatic rings. The van der Waals surface area contributed by atoms with Crippen molar-refractivity contribution in [3.8, 4) is 17.2 Å². The smallest absolute Gasteiger partial charge is 0.248 e. The van der Waals surface area contributed by atoms with Crippen LogP contribution in [0.1, 0.15) is 48.6 Å². The number of hydrogen-bond acceptors (Lipinski definition) is 6. The van der Waals surface area contributed by atoms with Gasteiger partial charge in [-0.25, -0.2) is 0 Å². The molecule has 2 aromatic carbocycles. The van der Waals surface area contributed by atoms with Gasteiger partial charge in [-0.1, -0.05) is 37.5 Å². The van der Waals surface area contributed by atoms with Gasteiger partial charge in [0.2, 0.25) is 11.8 Å². The summed E-state index contributed by atoms with van der Waals surface area (Å²) in [6, 6.07) is 14.6. The fourth-order valence-electron chi connectivity index (χ4n) is 4.62. The molecule has 1 fully saturated rings. The van der Waals surface area contributed by atoms with Crippen LogP contribution in [0, 0.1) is 0 Å². The van der Waals surface area contributed by atoms with Crippen LogP contribution in [0.4, 0.5) is 5.69 Å². The predicted octanol–water partition coefficient (Wildman–Crippen LogP) is 5.24. The van der Waals surface area contributed by atoms with Crippen molar-refractivity contribution < 1.29 is 24.2 Å². The third kappa shape index (κ3) is 6.18. The number of thiophene rings is 1. The summed E-state index contributed by atoms with van der Waals surface area (Å²) in [6.45, 7) is 0. The van der Waals surface area contributed by atoms with Gasteiger partial charge in [0, 0.05) is 29.1 Å². The number of hydrogen-bond donors (Lipinski definition) is 2. The molecule has 1 atom stereocenters. The Labute approximate surface area is 215 Å². The molecule has 1 heterocycles. The summed E-state index contributed by atoms with van der Waals surface area (Å²) in [6.07, 6.45) is 5.30. The van der Waals surface area contributed by atoms with E-state index in [0.717, 1.165) is 30.6 Å². The van der Waals surface area contributed by atoms with Crippen molar-refractivity contribution in [2.45, 2.75) is 50.6 Å². The number of aromatic hydroxyl groups is 1. The standard InChI is InChI=1S/C28H32N2O5S/c1-34-23-15-21(16-24(17-23)35-2)30(26(32)18-25-9-6-14-36-25)27(19-10-12-22(31)13-11-19)28(33)29-20-7-4-3-5-8-20/h6,9-17,20,27,31H,3-5,7-8,18H2,1-2H3,(H,29,33). The van der Waals surface area contributed by atoms with Gasteiger partial charge < -0.3 is 19.9 Å². The average Bonchev–Trinajstić information content (AvgIpc) is 3.41. The van der Waals surface area contributed by atoms with Crippen LogP contribution >= 0.6 is 11.3 Å². The Bertz CT molecular complexity index is 1130. The summed E-state index contributed by atoms with van der Waals surface area (Å²) in [5, 5.41) is 15.0. The first-order chi connectivity index (χ1) is 17.5. The van der Waals surface area contributed by atoms with Gasteiger partial charge in [-0.05, 0) is 42.0 Å². The van der Waals surface area contributed by atoms with Crippen molar-refractivity contribution >= 4 is 28.8 Å². The van der Waals surface area contributed by atoms with Gasteiger partial charge in [-0.15, -0.1) is 11.3 Å². The fraction of sp³-hybridized carbons (Fsp3) is 0.357. The largest absolute Gasteiger partial charge is 0.508 e. The lowest BCUT2D eigenvalue weighted by atomic mass is 9.94. The molecule has 0 aliphatic heterocycles. The molecule has 8 heteroatoms. The lowest BCUT2D eigenvalue weighted by Gasteiger charge is -2.34. The maximum Gasteiger partial charge on any atom is 0.248 e. The van der Waals surface area contributed by atoms with E-state index in [1.807, 2.05) is 17.5 Å². The Morgan fingerprint density at radius 2 is 1.69 bits per heavy atom.